The molecule has 0 atom stereocenters. The minimum absolute atomic E-state index is 0.0140. The number of ketones is 1. The van der Waals surface area contributed by atoms with Gasteiger partial charge in [-0.05, 0) is 36.3 Å². The highest BCUT2D eigenvalue weighted by molar-refractivity contribution is 6.30. The molecule has 25 heavy (non-hydrogen) atoms. The summed E-state index contributed by atoms with van der Waals surface area (Å²) < 4.78 is 2.09. The molecule has 4 heteroatoms. The molecular formula is C21H18ClN2O+. The minimum Gasteiger partial charge on any atom is -0.397 e. The molecule has 0 radical (unpaired) electrons. The Morgan fingerprint density at radius 3 is 2.72 bits per heavy atom. The Morgan fingerprint density at radius 2 is 1.92 bits per heavy atom. The van der Waals surface area contributed by atoms with Gasteiger partial charge in [0.1, 0.15) is 12.6 Å². The zero-order valence-corrected chi connectivity index (χ0v) is 14.7. The van der Waals surface area contributed by atoms with Gasteiger partial charge in [-0.15, -0.1) is 0 Å². The van der Waals surface area contributed by atoms with Crippen LogP contribution in [0.2, 0.25) is 5.02 Å². The van der Waals surface area contributed by atoms with E-state index in [2.05, 4.69) is 4.57 Å². The second kappa shape index (κ2) is 6.01. The summed E-state index contributed by atoms with van der Waals surface area (Å²) in [5.74, 6) is 0.0140. The third-order valence-corrected chi connectivity index (χ3v) is 5.09. The van der Waals surface area contributed by atoms with Crippen molar-refractivity contribution in [3.63, 3.8) is 0 Å². The van der Waals surface area contributed by atoms with Crippen LogP contribution >= 0.6 is 11.6 Å². The molecular weight excluding hydrogens is 332 g/mol. The van der Waals surface area contributed by atoms with Crippen molar-refractivity contribution >= 4 is 40.1 Å². The number of nitrogens with two attached hydrogens (primary N) is 1. The van der Waals surface area contributed by atoms with E-state index in [4.69, 9.17) is 17.3 Å². The first-order valence-electron chi connectivity index (χ1n) is 8.26. The van der Waals surface area contributed by atoms with Gasteiger partial charge in [0.05, 0.1) is 11.1 Å². The van der Waals surface area contributed by atoms with Crippen LogP contribution in [-0.2, 0) is 13.5 Å². The molecule has 1 heterocycles. The van der Waals surface area contributed by atoms with Crippen molar-refractivity contribution in [2.75, 3.05) is 5.73 Å². The van der Waals surface area contributed by atoms with Crippen molar-refractivity contribution in [3.05, 3.63) is 75.9 Å². The number of hydrogen-bond acceptors (Lipinski definition) is 2. The number of benzene rings is 2. The SMILES string of the molecule is C[n+]1c2c(c(N)c3ccccc31)C(=O)/C(=C\c1cccc(Cl)c1)CC2. The monoisotopic (exact) mass is 349 g/mol. The minimum atomic E-state index is 0.0140. The first kappa shape index (κ1) is 15.9. The van der Waals surface area contributed by atoms with E-state index in [0.29, 0.717) is 22.7 Å². The fourth-order valence-corrected chi connectivity index (χ4v) is 3.80. The van der Waals surface area contributed by atoms with Crippen LogP contribution in [0.1, 0.15) is 28.0 Å². The van der Waals surface area contributed by atoms with Gasteiger partial charge < -0.3 is 5.73 Å². The van der Waals surface area contributed by atoms with Crippen LogP contribution in [0.4, 0.5) is 5.69 Å². The Hall–Kier alpha value is -2.65. The van der Waals surface area contributed by atoms with Crippen LogP contribution in [0, 0.1) is 0 Å². The lowest BCUT2D eigenvalue weighted by atomic mass is 9.86. The lowest BCUT2D eigenvalue weighted by Gasteiger charge is -2.18. The van der Waals surface area contributed by atoms with Crippen LogP contribution in [0.15, 0.2) is 54.1 Å². The summed E-state index contributed by atoms with van der Waals surface area (Å²) in [7, 11) is 2.00. The van der Waals surface area contributed by atoms with Gasteiger partial charge in [0.25, 0.3) is 0 Å². The molecule has 2 aromatic carbocycles. The van der Waals surface area contributed by atoms with Gasteiger partial charge in [-0.1, -0.05) is 35.9 Å². The van der Waals surface area contributed by atoms with Crippen LogP contribution in [0.3, 0.4) is 0 Å². The van der Waals surface area contributed by atoms with Crippen molar-refractivity contribution in [2.24, 2.45) is 7.05 Å². The predicted molar refractivity (Wildman–Crippen MR) is 102 cm³/mol. The number of aryl methyl sites for hydroxylation is 1. The number of Topliss-reactive ketones (excluding diaryl/α,β-unsaturated/α-hetero) is 1. The summed E-state index contributed by atoms with van der Waals surface area (Å²) in [4.78, 5) is 13.1. The van der Waals surface area contributed by atoms with Crippen molar-refractivity contribution in [2.45, 2.75) is 12.8 Å². The van der Waals surface area contributed by atoms with Gasteiger partial charge >= 0.3 is 0 Å². The highest BCUT2D eigenvalue weighted by Gasteiger charge is 2.32. The van der Waals surface area contributed by atoms with Gasteiger partial charge in [0, 0.05) is 23.1 Å². The average molecular weight is 350 g/mol. The normalized spacial score (nSPS) is 15.6. The van der Waals surface area contributed by atoms with Crippen molar-refractivity contribution in [1.29, 1.82) is 0 Å². The first-order valence-corrected chi connectivity index (χ1v) is 8.64. The van der Waals surface area contributed by atoms with Gasteiger partial charge in [0.15, 0.2) is 11.5 Å². The molecule has 1 aliphatic carbocycles. The van der Waals surface area contributed by atoms with Gasteiger partial charge in [-0.25, -0.2) is 0 Å². The molecule has 0 amide bonds. The Labute approximate surface area is 151 Å². The largest absolute Gasteiger partial charge is 0.397 e. The number of nitrogen functional groups attached to an aromatic ring is 1. The standard InChI is InChI=1S/C21H17ClN2O/c1-24-17-8-3-2-7-16(17)20(23)19-18(24)10-9-14(21(19)25)11-13-5-4-6-15(22)12-13/h2-8,11-12,23H,9-10H2,1H3/p+1/b14-11-. The number of anilines is 1. The Balaban J connectivity index is 1.88. The molecule has 2 N–H and O–H groups in total. The van der Waals surface area contributed by atoms with Crippen molar-refractivity contribution < 1.29 is 9.36 Å². The first-order chi connectivity index (χ1) is 12.1. The van der Waals surface area contributed by atoms with E-state index < -0.39 is 0 Å². The second-order valence-corrected chi connectivity index (χ2v) is 6.80. The molecule has 0 fully saturated rings. The molecule has 0 unspecified atom stereocenters. The lowest BCUT2D eigenvalue weighted by molar-refractivity contribution is -0.653. The highest BCUT2D eigenvalue weighted by atomic mass is 35.5. The third-order valence-electron chi connectivity index (χ3n) is 4.86. The summed E-state index contributed by atoms with van der Waals surface area (Å²) in [6.07, 6.45) is 3.41. The van der Waals surface area contributed by atoms with Gasteiger partial charge in [0.2, 0.25) is 5.52 Å². The highest BCUT2D eigenvalue weighted by Crippen LogP contribution is 2.32. The molecule has 3 nitrogen and oxygen atoms in total. The molecule has 0 saturated carbocycles. The molecule has 0 saturated heterocycles. The van der Waals surface area contributed by atoms with Crippen LogP contribution < -0.4 is 10.3 Å². The molecule has 3 aromatic rings. The summed E-state index contributed by atoms with van der Waals surface area (Å²) in [6.45, 7) is 0. The van der Waals surface area contributed by atoms with E-state index in [-0.39, 0.29) is 5.78 Å². The van der Waals surface area contributed by atoms with E-state index in [0.717, 1.165) is 34.2 Å². The van der Waals surface area contributed by atoms with E-state index in [1.54, 1.807) is 0 Å². The number of pyridine rings is 1. The molecule has 124 valence electrons. The smallest absolute Gasteiger partial charge is 0.214 e. The molecule has 1 aromatic heterocycles. The fraction of sp³-hybridized carbons (Fsp3) is 0.143. The molecule has 4 rings (SSSR count). The number of hydrogen-bond donors (Lipinski definition) is 1. The fourth-order valence-electron chi connectivity index (χ4n) is 3.61. The van der Waals surface area contributed by atoms with E-state index >= 15 is 0 Å². The number of aromatic nitrogens is 1. The number of allylic oxidation sites excluding steroid dienone is 1. The van der Waals surface area contributed by atoms with E-state index in [1.807, 2.05) is 61.7 Å². The molecule has 1 aliphatic rings. The molecule has 0 aliphatic heterocycles. The van der Waals surface area contributed by atoms with E-state index in [9.17, 15) is 4.79 Å². The lowest BCUT2D eigenvalue weighted by Crippen LogP contribution is -2.39. The number of fused-ring (bicyclic) bond motifs is 2. The van der Waals surface area contributed by atoms with Crippen LogP contribution in [-0.4, -0.2) is 5.78 Å². The Kier molecular flexibility index (Phi) is 3.81. The number of nitrogens with zero attached hydrogens (tertiary/aromatic N) is 1. The van der Waals surface area contributed by atoms with Crippen molar-refractivity contribution in [3.8, 4) is 0 Å². The number of rotatable bonds is 1. The van der Waals surface area contributed by atoms with Crippen molar-refractivity contribution in [1.82, 2.24) is 0 Å². The predicted octanol–water partition coefficient (Wildman–Crippen LogP) is 4.11. The second-order valence-electron chi connectivity index (χ2n) is 6.37. The summed E-state index contributed by atoms with van der Waals surface area (Å²) in [6, 6.07) is 15.5. The Bertz CT molecular complexity index is 1050. The van der Waals surface area contributed by atoms with E-state index in [1.165, 1.54) is 0 Å². The maximum atomic E-state index is 13.1. The number of halogens is 1. The maximum Gasteiger partial charge on any atom is 0.214 e. The topological polar surface area (TPSA) is 47.0 Å². The average Bonchev–Trinajstić information content (AvgIpc) is 2.61. The van der Waals surface area contributed by atoms with Crippen LogP contribution in [0.5, 0.6) is 0 Å². The third kappa shape index (κ3) is 2.61. The number of carbonyl (C=O) groups is 1. The summed E-state index contributed by atoms with van der Waals surface area (Å²) in [5.41, 5.74) is 11.4. The Morgan fingerprint density at radius 1 is 1.12 bits per heavy atom. The number of carbonyl (C=O) groups excluding carboxylic acids is 1. The van der Waals surface area contributed by atoms with Crippen LogP contribution in [0.25, 0.3) is 17.0 Å². The zero-order chi connectivity index (χ0) is 17.6. The molecule has 0 spiro atoms. The van der Waals surface area contributed by atoms with Gasteiger partial charge in [-0.3, -0.25) is 4.79 Å². The van der Waals surface area contributed by atoms with Gasteiger partial charge in [-0.2, -0.15) is 4.57 Å². The number of para-hydroxylation sites is 1. The summed E-state index contributed by atoms with van der Waals surface area (Å²) >= 11 is 6.05. The zero-order valence-electron chi connectivity index (χ0n) is 13.9. The molecule has 0 bridgehead atoms. The maximum absolute atomic E-state index is 13.1. The quantitative estimate of drug-likeness (QED) is 0.531. The summed E-state index contributed by atoms with van der Waals surface area (Å²) in [5, 5.41) is 1.58.